The third kappa shape index (κ3) is 4.08. The van der Waals surface area contributed by atoms with E-state index in [9.17, 15) is 18.4 Å². The lowest BCUT2D eigenvalue weighted by Gasteiger charge is -2.17. The van der Waals surface area contributed by atoms with Gasteiger partial charge in [-0.2, -0.15) is 8.78 Å². The van der Waals surface area contributed by atoms with Gasteiger partial charge in [0, 0.05) is 6.54 Å². The normalized spacial score (nSPS) is 14.6. The minimum absolute atomic E-state index is 0.00553. The van der Waals surface area contributed by atoms with E-state index in [1.165, 1.54) is 24.1 Å². The lowest BCUT2D eigenvalue weighted by molar-refractivity contribution is -0.131. The minimum atomic E-state index is -2.98. The Morgan fingerprint density at radius 1 is 1.35 bits per heavy atom. The van der Waals surface area contributed by atoms with Gasteiger partial charge in [0.15, 0.2) is 11.5 Å². The van der Waals surface area contributed by atoms with Crippen LogP contribution in [0.15, 0.2) is 18.2 Å². The van der Waals surface area contributed by atoms with Crippen LogP contribution in [0.3, 0.4) is 0 Å². The molecule has 1 heterocycles. The molecule has 1 aliphatic heterocycles. The molecule has 1 saturated heterocycles. The maximum absolute atomic E-state index is 12.4. The summed E-state index contributed by atoms with van der Waals surface area (Å²) < 4.78 is 34.1. The number of rotatable bonds is 6. The van der Waals surface area contributed by atoms with Gasteiger partial charge in [0.2, 0.25) is 11.8 Å². The predicted octanol–water partition coefficient (Wildman–Crippen LogP) is 1.49. The van der Waals surface area contributed by atoms with Crippen LogP contribution in [-0.2, 0) is 16.0 Å². The third-order valence-corrected chi connectivity index (χ3v) is 3.55. The number of hydrogen-bond donors (Lipinski definition) is 0. The molecule has 1 aromatic carbocycles. The molecular formula is C15H18F2N2O4. The van der Waals surface area contributed by atoms with Crippen LogP contribution < -0.4 is 9.47 Å². The number of nitrogens with zero attached hydrogens (tertiary/aromatic N) is 2. The van der Waals surface area contributed by atoms with E-state index in [1.54, 1.807) is 11.0 Å². The Kier molecular flexibility index (Phi) is 5.36. The zero-order valence-electron chi connectivity index (χ0n) is 12.9. The highest BCUT2D eigenvalue weighted by Gasteiger charge is 2.29. The fourth-order valence-corrected chi connectivity index (χ4v) is 2.35. The third-order valence-electron chi connectivity index (χ3n) is 3.55. The number of benzene rings is 1. The Balaban J connectivity index is 2.08. The van der Waals surface area contributed by atoms with E-state index in [1.807, 2.05) is 6.92 Å². The number of methoxy groups -OCH3 is 1. The summed E-state index contributed by atoms with van der Waals surface area (Å²) in [5, 5.41) is 0. The summed E-state index contributed by atoms with van der Waals surface area (Å²) in [6.07, 6.45) is -0.00553. The molecule has 126 valence electrons. The van der Waals surface area contributed by atoms with Crippen LogP contribution in [0.1, 0.15) is 12.5 Å². The van der Waals surface area contributed by atoms with Crippen molar-refractivity contribution >= 4 is 11.8 Å². The SMILES string of the molecule is CCN1CN(C(=O)Cc2ccc(OC)c(OC(F)F)c2)CC1=O. The van der Waals surface area contributed by atoms with E-state index in [4.69, 9.17) is 4.74 Å². The first-order chi connectivity index (χ1) is 10.9. The number of ether oxygens (including phenoxy) is 2. The topological polar surface area (TPSA) is 59.1 Å². The van der Waals surface area contributed by atoms with Crippen LogP contribution in [0.25, 0.3) is 0 Å². The van der Waals surface area contributed by atoms with Crippen molar-refractivity contribution in [1.29, 1.82) is 0 Å². The number of likely N-dealkylation sites (N-methyl/N-ethyl adjacent to an activating group) is 1. The molecule has 0 aliphatic carbocycles. The summed E-state index contributed by atoms with van der Waals surface area (Å²) in [5.74, 6) is -0.310. The fourth-order valence-electron chi connectivity index (χ4n) is 2.35. The van der Waals surface area contributed by atoms with Crippen molar-refractivity contribution < 1.29 is 27.8 Å². The standard InChI is InChI=1S/C15H18F2N2O4/c1-3-18-9-19(8-14(18)21)13(20)7-10-4-5-11(22-2)12(6-10)23-15(16)17/h4-6,15H,3,7-9H2,1-2H3. The van der Waals surface area contributed by atoms with E-state index in [0.29, 0.717) is 12.1 Å². The van der Waals surface area contributed by atoms with Crippen molar-refractivity contribution in [2.24, 2.45) is 0 Å². The van der Waals surface area contributed by atoms with Crippen LogP contribution in [0, 0.1) is 0 Å². The van der Waals surface area contributed by atoms with Gasteiger partial charge in [-0.05, 0) is 24.6 Å². The second kappa shape index (κ2) is 7.26. The minimum Gasteiger partial charge on any atom is -0.493 e. The fraction of sp³-hybridized carbons (Fsp3) is 0.467. The van der Waals surface area contributed by atoms with Crippen molar-refractivity contribution in [2.45, 2.75) is 20.0 Å². The highest BCUT2D eigenvalue weighted by atomic mass is 19.3. The lowest BCUT2D eigenvalue weighted by atomic mass is 10.1. The molecule has 8 heteroatoms. The zero-order chi connectivity index (χ0) is 17.0. The van der Waals surface area contributed by atoms with Gasteiger partial charge in [0.1, 0.15) is 6.54 Å². The van der Waals surface area contributed by atoms with Crippen molar-refractivity contribution in [1.82, 2.24) is 9.80 Å². The molecule has 0 atom stereocenters. The van der Waals surface area contributed by atoms with E-state index in [0.717, 1.165) is 0 Å². The Hall–Kier alpha value is -2.38. The van der Waals surface area contributed by atoms with Crippen LogP contribution in [-0.4, -0.2) is 55.1 Å². The molecule has 0 bridgehead atoms. The Morgan fingerprint density at radius 3 is 2.65 bits per heavy atom. The van der Waals surface area contributed by atoms with E-state index < -0.39 is 6.61 Å². The molecule has 2 amide bonds. The molecule has 2 rings (SSSR count). The molecule has 0 N–H and O–H groups in total. The highest BCUT2D eigenvalue weighted by Crippen LogP contribution is 2.29. The number of carbonyl (C=O) groups excluding carboxylic acids is 2. The molecule has 0 unspecified atom stereocenters. The molecule has 0 saturated carbocycles. The monoisotopic (exact) mass is 328 g/mol. The van der Waals surface area contributed by atoms with Gasteiger partial charge in [-0.15, -0.1) is 0 Å². The molecule has 0 radical (unpaired) electrons. The molecule has 1 aromatic rings. The molecule has 0 aromatic heterocycles. The highest BCUT2D eigenvalue weighted by molar-refractivity contribution is 5.88. The maximum atomic E-state index is 12.4. The predicted molar refractivity (Wildman–Crippen MR) is 77.3 cm³/mol. The largest absolute Gasteiger partial charge is 0.493 e. The molecule has 1 aliphatic rings. The number of halogens is 2. The maximum Gasteiger partial charge on any atom is 0.387 e. The van der Waals surface area contributed by atoms with E-state index in [-0.39, 0.29) is 42.9 Å². The smallest absolute Gasteiger partial charge is 0.387 e. The average molecular weight is 328 g/mol. The molecule has 0 spiro atoms. The first kappa shape index (κ1) is 17.0. The zero-order valence-corrected chi connectivity index (χ0v) is 12.9. The van der Waals surface area contributed by atoms with Gasteiger partial charge in [-0.3, -0.25) is 9.59 Å². The van der Waals surface area contributed by atoms with Gasteiger partial charge in [0.25, 0.3) is 0 Å². The first-order valence-electron chi connectivity index (χ1n) is 7.11. The van der Waals surface area contributed by atoms with E-state index >= 15 is 0 Å². The van der Waals surface area contributed by atoms with Crippen molar-refractivity contribution in [2.75, 3.05) is 26.9 Å². The average Bonchev–Trinajstić information content (AvgIpc) is 2.88. The Morgan fingerprint density at radius 2 is 2.09 bits per heavy atom. The van der Waals surface area contributed by atoms with E-state index in [2.05, 4.69) is 4.74 Å². The van der Waals surface area contributed by atoms with Gasteiger partial charge >= 0.3 is 6.61 Å². The Bertz CT molecular complexity index is 595. The molecule has 6 nitrogen and oxygen atoms in total. The molecular weight excluding hydrogens is 310 g/mol. The summed E-state index contributed by atoms with van der Waals surface area (Å²) in [6.45, 7) is -0.307. The van der Waals surface area contributed by atoms with Crippen molar-refractivity contribution in [3.8, 4) is 11.5 Å². The number of amides is 2. The molecule has 23 heavy (non-hydrogen) atoms. The second-order valence-electron chi connectivity index (χ2n) is 5.02. The summed E-state index contributed by atoms with van der Waals surface area (Å²) in [6, 6.07) is 4.41. The van der Waals surface area contributed by atoms with Gasteiger partial charge in [-0.25, -0.2) is 0 Å². The summed E-state index contributed by atoms with van der Waals surface area (Å²) >= 11 is 0. The van der Waals surface area contributed by atoms with Crippen LogP contribution in [0.4, 0.5) is 8.78 Å². The van der Waals surface area contributed by atoms with Crippen molar-refractivity contribution in [3.05, 3.63) is 23.8 Å². The Labute approximate surface area is 132 Å². The number of hydrogen-bond acceptors (Lipinski definition) is 4. The number of carbonyl (C=O) groups is 2. The van der Waals surface area contributed by atoms with Gasteiger partial charge in [0.05, 0.1) is 20.2 Å². The van der Waals surface area contributed by atoms with Gasteiger partial charge in [-0.1, -0.05) is 6.07 Å². The lowest BCUT2D eigenvalue weighted by Crippen LogP contribution is -2.32. The summed E-state index contributed by atoms with van der Waals surface area (Å²) in [4.78, 5) is 26.9. The van der Waals surface area contributed by atoms with Crippen LogP contribution >= 0.6 is 0 Å². The number of alkyl halides is 2. The van der Waals surface area contributed by atoms with Crippen LogP contribution in [0.5, 0.6) is 11.5 Å². The van der Waals surface area contributed by atoms with Crippen LogP contribution in [0.2, 0.25) is 0 Å². The second-order valence-corrected chi connectivity index (χ2v) is 5.02. The van der Waals surface area contributed by atoms with Crippen molar-refractivity contribution in [3.63, 3.8) is 0 Å². The quantitative estimate of drug-likeness (QED) is 0.794. The summed E-state index contributed by atoms with van der Waals surface area (Å²) in [7, 11) is 1.34. The first-order valence-corrected chi connectivity index (χ1v) is 7.11. The van der Waals surface area contributed by atoms with Gasteiger partial charge < -0.3 is 19.3 Å². The summed E-state index contributed by atoms with van der Waals surface area (Å²) in [5.41, 5.74) is 0.508. The molecule has 1 fully saturated rings.